The van der Waals surface area contributed by atoms with Crippen LogP contribution in [0.3, 0.4) is 0 Å². The van der Waals surface area contributed by atoms with E-state index in [4.69, 9.17) is 4.84 Å². The fourth-order valence-corrected chi connectivity index (χ4v) is 7.00. The molecule has 2 unspecified atom stereocenters. The fourth-order valence-electron chi connectivity index (χ4n) is 3.55. The number of thiazole rings is 1. The minimum Gasteiger partial charge on any atom is -0.481 e. The van der Waals surface area contributed by atoms with Crippen molar-refractivity contribution in [1.29, 1.82) is 0 Å². The third-order valence-electron chi connectivity index (χ3n) is 5.37. The van der Waals surface area contributed by atoms with E-state index in [9.17, 15) is 24.3 Å². The maximum Gasteiger partial charge on any atom is 0.313 e. The second-order valence-corrected chi connectivity index (χ2v) is 10.8. The van der Waals surface area contributed by atoms with Crippen molar-refractivity contribution in [3.63, 3.8) is 0 Å². The van der Waals surface area contributed by atoms with Crippen molar-refractivity contribution in [3.05, 3.63) is 11.1 Å². The number of aliphatic carboxylic acids is 1. The first-order valence-electron chi connectivity index (χ1n) is 10.3. The highest BCUT2D eigenvalue weighted by molar-refractivity contribution is 8.00. The van der Waals surface area contributed by atoms with Crippen LogP contribution in [0.1, 0.15) is 12.6 Å². The van der Waals surface area contributed by atoms with Gasteiger partial charge in [0.1, 0.15) is 29.6 Å². The van der Waals surface area contributed by atoms with Gasteiger partial charge in [0, 0.05) is 37.4 Å². The number of aryl methyl sites for hydroxylation is 1. The van der Waals surface area contributed by atoms with Crippen molar-refractivity contribution in [2.75, 3.05) is 30.5 Å². The minimum atomic E-state index is -1.20. The number of tetrazole rings is 1. The van der Waals surface area contributed by atoms with E-state index in [0.29, 0.717) is 5.16 Å². The molecule has 3 atom stereocenters. The molecule has 0 aromatic carbocycles. The molecule has 2 saturated heterocycles. The Balaban J connectivity index is 1.42. The van der Waals surface area contributed by atoms with E-state index >= 15 is 0 Å². The lowest BCUT2D eigenvalue weighted by molar-refractivity contribution is -0.157. The number of carboxylic acid groups (broad SMARTS) is 1. The predicted octanol–water partition coefficient (Wildman–Crippen LogP) is -0.761. The first kappa shape index (κ1) is 25.8. The fraction of sp³-hybridized carbons (Fsp3) is 0.500. The second kappa shape index (κ2) is 10.4. The zero-order chi connectivity index (χ0) is 26.0. The second-order valence-electron chi connectivity index (χ2n) is 7.92. The summed E-state index contributed by atoms with van der Waals surface area (Å²) in [4.78, 5) is 59.7. The maximum atomic E-state index is 12.9. The van der Waals surface area contributed by atoms with Crippen LogP contribution in [0, 0.1) is 5.41 Å². The molecule has 2 fully saturated rings. The summed E-state index contributed by atoms with van der Waals surface area (Å²) in [5.74, 6) is -2.02. The molecule has 2 aromatic rings. The Morgan fingerprint density at radius 2 is 2.19 bits per heavy atom. The number of carbonyl (C=O) groups is 4. The van der Waals surface area contributed by atoms with Crippen LogP contribution in [0.4, 0.5) is 5.13 Å². The van der Waals surface area contributed by atoms with Crippen LogP contribution in [-0.2, 0) is 31.1 Å². The number of thioether (sulfide) groups is 2. The first-order chi connectivity index (χ1) is 17.1. The number of nitrogens with zero attached hydrogens (tertiary/aromatic N) is 7. The van der Waals surface area contributed by atoms with Gasteiger partial charge in [0.25, 0.3) is 5.91 Å². The highest BCUT2D eigenvalue weighted by Gasteiger charge is 2.57. The largest absolute Gasteiger partial charge is 0.481 e. The van der Waals surface area contributed by atoms with Crippen molar-refractivity contribution in [3.8, 4) is 0 Å². The molecule has 0 radical (unpaired) electrons. The van der Waals surface area contributed by atoms with Gasteiger partial charge in [-0.15, -0.1) is 28.2 Å². The monoisotopic (exact) mass is 555 g/mol. The Bertz CT molecular complexity index is 1230. The highest BCUT2D eigenvalue weighted by atomic mass is 32.2. The normalized spacial score (nSPS) is 23.5. The summed E-state index contributed by atoms with van der Waals surface area (Å²) in [5, 5.41) is 31.9. The average molecular weight is 556 g/mol. The van der Waals surface area contributed by atoms with E-state index < -0.39 is 34.6 Å². The number of anilines is 1. The minimum absolute atomic E-state index is 0.00529. The number of aromatic nitrogens is 5. The van der Waals surface area contributed by atoms with E-state index in [1.54, 1.807) is 7.05 Å². The Hall–Kier alpha value is -3.25. The van der Waals surface area contributed by atoms with Crippen LogP contribution >= 0.6 is 34.9 Å². The van der Waals surface area contributed by atoms with E-state index in [-0.39, 0.29) is 40.5 Å². The van der Waals surface area contributed by atoms with E-state index in [2.05, 4.69) is 36.3 Å². The number of hydrogen-bond acceptors (Lipinski definition) is 13. The molecule has 3 amide bonds. The number of rotatable bonds is 9. The molecule has 2 aromatic heterocycles. The lowest BCUT2D eigenvalue weighted by atomic mass is 9.89. The molecule has 2 aliphatic rings. The lowest BCUT2D eigenvalue weighted by Crippen LogP contribution is -2.74. The molecule has 2 aliphatic heterocycles. The van der Waals surface area contributed by atoms with Gasteiger partial charge in [-0.3, -0.25) is 19.2 Å². The number of β-lactam (4-membered cyclic amide) rings is 1. The van der Waals surface area contributed by atoms with Crippen LogP contribution in [0.15, 0.2) is 15.7 Å². The van der Waals surface area contributed by atoms with Gasteiger partial charge in [0.2, 0.25) is 17.0 Å². The molecule has 3 N–H and O–H groups in total. The number of nitrogens with one attached hydrogen (secondary N) is 2. The van der Waals surface area contributed by atoms with Crippen molar-refractivity contribution in [1.82, 2.24) is 35.4 Å². The van der Waals surface area contributed by atoms with Gasteiger partial charge < -0.3 is 25.5 Å². The summed E-state index contributed by atoms with van der Waals surface area (Å²) >= 11 is 3.59. The van der Waals surface area contributed by atoms with Gasteiger partial charge >= 0.3 is 5.97 Å². The lowest BCUT2D eigenvalue weighted by Gasteiger charge is -2.53. The van der Waals surface area contributed by atoms with Crippen molar-refractivity contribution in [2.45, 2.75) is 23.5 Å². The number of hydrogen-bond donors (Lipinski definition) is 3. The molecular formula is C18H21N9O6S3. The SMILES string of the molecule is CON=C(C(=O)NC1C(=O)N2CC(CSc3nnnn3C)(C(=O)O)CS[C@H]12)c1csc(NC(C)=O)n1. The van der Waals surface area contributed by atoms with Gasteiger partial charge in [0.15, 0.2) is 10.8 Å². The molecule has 0 spiro atoms. The number of carboxylic acids is 1. The zero-order valence-electron chi connectivity index (χ0n) is 19.2. The molecule has 4 heterocycles. The quantitative estimate of drug-likeness (QED) is 0.152. The average Bonchev–Trinajstić information content (AvgIpc) is 3.47. The summed E-state index contributed by atoms with van der Waals surface area (Å²) in [7, 11) is 2.92. The molecule has 0 aliphatic carbocycles. The Morgan fingerprint density at radius 1 is 1.42 bits per heavy atom. The van der Waals surface area contributed by atoms with Crippen LogP contribution in [0.5, 0.6) is 0 Å². The molecule has 18 heteroatoms. The summed E-state index contributed by atoms with van der Waals surface area (Å²) < 4.78 is 1.44. The van der Waals surface area contributed by atoms with Crippen molar-refractivity contribution in [2.24, 2.45) is 17.6 Å². The van der Waals surface area contributed by atoms with Crippen LogP contribution in [0.2, 0.25) is 0 Å². The molecule has 192 valence electrons. The first-order valence-corrected chi connectivity index (χ1v) is 13.2. The van der Waals surface area contributed by atoms with Crippen molar-refractivity contribution < 1.29 is 29.1 Å². The molecule has 36 heavy (non-hydrogen) atoms. The zero-order valence-corrected chi connectivity index (χ0v) is 21.6. The summed E-state index contributed by atoms with van der Waals surface area (Å²) in [6.45, 7) is 1.33. The number of amides is 3. The number of fused-ring (bicyclic) bond motifs is 1. The van der Waals surface area contributed by atoms with E-state index in [0.717, 1.165) is 11.3 Å². The van der Waals surface area contributed by atoms with Crippen LogP contribution in [0.25, 0.3) is 0 Å². The molecule has 0 bridgehead atoms. The summed E-state index contributed by atoms with van der Waals surface area (Å²) in [6.07, 6.45) is 0. The van der Waals surface area contributed by atoms with Gasteiger partial charge in [0.05, 0.1) is 0 Å². The Morgan fingerprint density at radius 3 is 2.83 bits per heavy atom. The van der Waals surface area contributed by atoms with E-state index in [1.165, 1.54) is 52.5 Å². The summed E-state index contributed by atoms with van der Waals surface area (Å²) in [6, 6.07) is -0.861. The van der Waals surface area contributed by atoms with Crippen LogP contribution in [-0.4, -0.2) is 101 Å². The van der Waals surface area contributed by atoms with Crippen LogP contribution < -0.4 is 10.6 Å². The highest BCUT2D eigenvalue weighted by Crippen LogP contribution is 2.44. The topological polar surface area (TPSA) is 194 Å². The Kier molecular flexibility index (Phi) is 7.46. The van der Waals surface area contributed by atoms with Crippen molar-refractivity contribution >= 4 is 69.4 Å². The Labute approximate surface area is 216 Å². The number of carbonyl (C=O) groups excluding carboxylic acids is 3. The van der Waals surface area contributed by atoms with Gasteiger partial charge in [-0.1, -0.05) is 16.9 Å². The van der Waals surface area contributed by atoms with Gasteiger partial charge in [-0.25, -0.2) is 9.67 Å². The van der Waals surface area contributed by atoms with Gasteiger partial charge in [-0.2, -0.15) is 0 Å². The molecular weight excluding hydrogens is 534 g/mol. The molecule has 4 rings (SSSR count). The number of oxime groups is 1. The third kappa shape index (κ3) is 5.00. The van der Waals surface area contributed by atoms with Gasteiger partial charge in [-0.05, 0) is 10.4 Å². The molecule has 15 nitrogen and oxygen atoms in total. The third-order valence-corrected chi connectivity index (χ3v) is 9.02. The maximum absolute atomic E-state index is 12.9. The standard InChI is InChI=1S/C18H21N9O6S3/c1-8(28)19-16-20-9(4-34-16)10(23-33-3)12(29)21-11-13(30)27-5-18(15(31)32,6-35-14(11)27)7-36-17-22-24-25-26(17)2/h4,11,14H,5-7H2,1-3H3,(H,21,29)(H,31,32)(H,19,20,28)/t11?,14-,18?/m1/s1. The summed E-state index contributed by atoms with van der Waals surface area (Å²) in [5.41, 5.74) is -1.19. The molecule has 0 saturated carbocycles. The van der Waals surface area contributed by atoms with E-state index in [1.807, 2.05) is 0 Å². The smallest absolute Gasteiger partial charge is 0.313 e. The predicted molar refractivity (Wildman–Crippen MR) is 129 cm³/mol.